The number of nitrogens with one attached hydrogen (secondary N) is 2. The average Bonchev–Trinajstić information content (AvgIpc) is 2.69. The van der Waals surface area contributed by atoms with E-state index < -0.39 is 15.8 Å². The van der Waals surface area contributed by atoms with Gasteiger partial charge in [-0.05, 0) is 56.3 Å². The number of hydrogen-bond acceptors (Lipinski definition) is 4. The number of halogens is 1. The molecule has 0 bridgehead atoms. The highest BCUT2D eigenvalue weighted by Gasteiger charge is 2.24. The number of nitrogens with zero attached hydrogens (tertiary/aromatic N) is 1. The third-order valence-electron chi connectivity index (χ3n) is 4.69. The van der Waals surface area contributed by atoms with Crippen LogP contribution in [0.25, 0.3) is 0 Å². The quantitative estimate of drug-likeness (QED) is 0.821. The van der Waals surface area contributed by atoms with Gasteiger partial charge in [0.25, 0.3) is 15.9 Å². The molecule has 0 aromatic heterocycles. The lowest BCUT2D eigenvalue weighted by Crippen LogP contribution is -2.44. The van der Waals surface area contributed by atoms with E-state index in [-0.39, 0.29) is 28.1 Å². The Hall–Kier alpha value is -2.45. The number of sulfonamides is 1. The molecule has 1 saturated heterocycles. The molecule has 0 saturated carbocycles. The van der Waals surface area contributed by atoms with Crippen molar-refractivity contribution in [3.63, 3.8) is 0 Å². The minimum Gasteiger partial charge on any atom is -0.339 e. The van der Waals surface area contributed by atoms with Crippen molar-refractivity contribution in [1.29, 1.82) is 0 Å². The molecule has 1 aliphatic heterocycles. The van der Waals surface area contributed by atoms with Gasteiger partial charge in [-0.25, -0.2) is 12.8 Å². The zero-order chi connectivity index (χ0) is 19.4. The number of anilines is 1. The van der Waals surface area contributed by atoms with Crippen LogP contribution in [-0.2, 0) is 10.0 Å². The van der Waals surface area contributed by atoms with Gasteiger partial charge in [-0.3, -0.25) is 9.52 Å². The van der Waals surface area contributed by atoms with E-state index in [1.165, 1.54) is 42.5 Å². The predicted molar refractivity (Wildman–Crippen MR) is 102 cm³/mol. The zero-order valence-electron chi connectivity index (χ0n) is 15.0. The molecular weight excluding hydrogens is 369 g/mol. The molecule has 1 amide bonds. The first kappa shape index (κ1) is 19.3. The third kappa shape index (κ3) is 4.45. The van der Waals surface area contributed by atoms with E-state index in [1.807, 2.05) is 0 Å². The standard InChI is InChI=1S/C19H22FN3O3S/c1-23(15-9-11-21-12-10-15)19(24)14-5-4-6-16(13-14)27(25,26)22-18-8-3-2-7-17(18)20/h2-8,13,15,21-22H,9-12H2,1H3. The number of hydrogen-bond donors (Lipinski definition) is 2. The Morgan fingerprint density at radius 1 is 1.15 bits per heavy atom. The topological polar surface area (TPSA) is 78.5 Å². The Balaban J connectivity index is 1.82. The Labute approximate surface area is 158 Å². The van der Waals surface area contributed by atoms with Crippen LogP contribution in [0, 0.1) is 5.82 Å². The molecule has 0 atom stereocenters. The van der Waals surface area contributed by atoms with Crippen molar-refractivity contribution < 1.29 is 17.6 Å². The number of rotatable bonds is 5. The summed E-state index contributed by atoms with van der Waals surface area (Å²) in [6, 6.07) is 11.4. The van der Waals surface area contributed by atoms with Crippen molar-refractivity contribution in [1.82, 2.24) is 10.2 Å². The van der Waals surface area contributed by atoms with E-state index in [2.05, 4.69) is 10.0 Å². The number of carbonyl (C=O) groups excluding carboxylic acids is 1. The number of carbonyl (C=O) groups is 1. The maximum absolute atomic E-state index is 13.8. The molecule has 0 spiro atoms. The molecule has 0 radical (unpaired) electrons. The summed E-state index contributed by atoms with van der Waals surface area (Å²) in [6.07, 6.45) is 1.71. The van der Waals surface area contributed by atoms with Crippen LogP contribution in [0.1, 0.15) is 23.2 Å². The lowest BCUT2D eigenvalue weighted by molar-refractivity contribution is 0.0703. The minimum absolute atomic E-state index is 0.0877. The molecule has 144 valence electrons. The van der Waals surface area contributed by atoms with Crippen LogP contribution in [0.3, 0.4) is 0 Å². The molecule has 3 rings (SSSR count). The van der Waals surface area contributed by atoms with Gasteiger partial charge in [0, 0.05) is 18.7 Å². The van der Waals surface area contributed by atoms with E-state index in [1.54, 1.807) is 18.0 Å². The van der Waals surface area contributed by atoms with Crippen LogP contribution in [0.4, 0.5) is 10.1 Å². The van der Waals surface area contributed by atoms with E-state index in [4.69, 9.17) is 0 Å². The lowest BCUT2D eigenvalue weighted by Gasteiger charge is -2.31. The van der Waals surface area contributed by atoms with Gasteiger partial charge < -0.3 is 10.2 Å². The smallest absolute Gasteiger partial charge is 0.262 e. The second-order valence-corrected chi connectivity index (χ2v) is 8.19. The summed E-state index contributed by atoms with van der Waals surface area (Å²) in [5.74, 6) is -0.899. The maximum atomic E-state index is 13.8. The summed E-state index contributed by atoms with van der Waals surface area (Å²) < 4.78 is 41.2. The first-order valence-electron chi connectivity index (χ1n) is 8.74. The van der Waals surface area contributed by atoms with Gasteiger partial charge in [-0.15, -0.1) is 0 Å². The number of para-hydroxylation sites is 1. The zero-order valence-corrected chi connectivity index (χ0v) is 15.8. The summed E-state index contributed by atoms with van der Waals surface area (Å²) in [5.41, 5.74) is 0.147. The van der Waals surface area contributed by atoms with Crippen molar-refractivity contribution in [2.24, 2.45) is 0 Å². The lowest BCUT2D eigenvalue weighted by atomic mass is 10.0. The molecule has 2 N–H and O–H groups in total. The molecule has 1 fully saturated rings. The van der Waals surface area contributed by atoms with Crippen LogP contribution >= 0.6 is 0 Å². The Kier molecular flexibility index (Phi) is 5.76. The Bertz CT molecular complexity index is 927. The van der Waals surface area contributed by atoms with E-state index in [0.29, 0.717) is 0 Å². The fraction of sp³-hybridized carbons (Fsp3) is 0.316. The first-order chi connectivity index (χ1) is 12.9. The SMILES string of the molecule is CN(C(=O)c1cccc(S(=O)(=O)Nc2ccccc2F)c1)C1CCNCC1. The van der Waals surface area contributed by atoms with Crippen LogP contribution < -0.4 is 10.0 Å². The van der Waals surface area contributed by atoms with Crippen molar-refractivity contribution >= 4 is 21.6 Å². The molecule has 2 aromatic carbocycles. The molecule has 0 aliphatic carbocycles. The van der Waals surface area contributed by atoms with Crippen LogP contribution in [-0.4, -0.2) is 45.4 Å². The second-order valence-electron chi connectivity index (χ2n) is 6.51. The van der Waals surface area contributed by atoms with Crippen LogP contribution in [0.2, 0.25) is 0 Å². The fourth-order valence-electron chi connectivity index (χ4n) is 3.11. The Morgan fingerprint density at radius 3 is 2.56 bits per heavy atom. The molecule has 8 heteroatoms. The van der Waals surface area contributed by atoms with E-state index in [0.717, 1.165) is 25.9 Å². The van der Waals surface area contributed by atoms with Crippen molar-refractivity contribution in [3.8, 4) is 0 Å². The average molecular weight is 391 g/mol. The van der Waals surface area contributed by atoms with Gasteiger partial charge in [-0.2, -0.15) is 0 Å². The summed E-state index contributed by atoms with van der Waals surface area (Å²) >= 11 is 0. The largest absolute Gasteiger partial charge is 0.339 e. The molecule has 6 nitrogen and oxygen atoms in total. The first-order valence-corrected chi connectivity index (χ1v) is 10.2. The third-order valence-corrected chi connectivity index (χ3v) is 6.05. The summed E-state index contributed by atoms with van der Waals surface area (Å²) in [4.78, 5) is 14.3. The molecule has 1 heterocycles. The Morgan fingerprint density at radius 2 is 1.85 bits per heavy atom. The van der Waals surface area contributed by atoms with Gasteiger partial charge >= 0.3 is 0 Å². The van der Waals surface area contributed by atoms with Crippen LogP contribution in [0.5, 0.6) is 0 Å². The maximum Gasteiger partial charge on any atom is 0.262 e. The van der Waals surface area contributed by atoms with Crippen molar-refractivity contribution in [3.05, 3.63) is 59.9 Å². The van der Waals surface area contributed by atoms with Crippen molar-refractivity contribution in [2.75, 3.05) is 24.9 Å². The van der Waals surface area contributed by atoms with Gasteiger partial charge in [0.05, 0.1) is 10.6 Å². The highest BCUT2D eigenvalue weighted by molar-refractivity contribution is 7.92. The van der Waals surface area contributed by atoms with Gasteiger partial charge in [0.1, 0.15) is 5.82 Å². The molecule has 27 heavy (non-hydrogen) atoms. The molecule has 1 aliphatic rings. The number of amides is 1. The van der Waals surface area contributed by atoms with Crippen molar-refractivity contribution in [2.45, 2.75) is 23.8 Å². The predicted octanol–water partition coefficient (Wildman–Crippen LogP) is 2.45. The minimum atomic E-state index is -4.01. The number of piperidine rings is 1. The fourth-order valence-corrected chi connectivity index (χ4v) is 4.22. The summed E-state index contributed by atoms with van der Waals surface area (Å²) in [6.45, 7) is 1.70. The summed E-state index contributed by atoms with van der Waals surface area (Å²) in [7, 11) is -2.28. The van der Waals surface area contributed by atoms with Gasteiger partial charge in [-0.1, -0.05) is 18.2 Å². The second kappa shape index (κ2) is 8.06. The normalized spacial score (nSPS) is 15.3. The van der Waals surface area contributed by atoms with Gasteiger partial charge in [0.15, 0.2) is 0 Å². The highest BCUT2D eigenvalue weighted by atomic mass is 32.2. The number of benzene rings is 2. The van der Waals surface area contributed by atoms with E-state index >= 15 is 0 Å². The molecular formula is C19H22FN3O3S. The van der Waals surface area contributed by atoms with Gasteiger partial charge in [0.2, 0.25) is 0 Å². The molecule has 2 aromatic rings. The summed E-state index contributed by atoms with van der Waals surface area (Å²) in [5, 5.41) is 3.25. The van der Waals surface area contributed by atoms with Crippen LogP contribution in [0.15, 0.2) is 53.4 Å². The monoisotopic (exact) mass is 391 g/mol. The highest BCUT2D eigenvalue weighted by Crippen LogP contribution is 2.21. The van der Waals surface area contributed by atoms with E-state index in [9.17, 15) is 17.6 Å². The molecule has 0 unspecified atom stereocenters.